The molecule has 3 rings (SSSR count). The number of anilines is 1. The van der Waals surface area contributed by atoms with Crippen LogP contribution in [0, 0.1) is 5.41 Å². The first kappa shape index (κ1) is 22.6. The van der Waals surface area contributed by atoms with E-state index in [-0.39, 0.29) is 30.7 Å². The summed E-state index contributed by atoms with van der Waals surface area (Å²) in [7, 11) is -3.55. The SMILES string of the molecule is CC(C)(C)Cc1nc2cc(NC(=O)C3(S(C)(=O)=O)CCNCC3)ccc2o1.Cl. The highest BCUT2D eigenvalue weighted by atomic mass is 35.5. The van der Waals surface area contributed by atoms with Crippen LogP contribution < -0.4 is 10.6 Å². The topological polar surface area (TPSA) is 101 Å². The zero-order valence-corrected chi connectivity index (χ0v) is 18.3. The first-order valence-corrected chi connectivity index (χ1v) is 11.0. The Labute approximate surface area is 172 Å². The van der Waals surface area contributed by atoms with E-state index in [4.69, 9.17) is 4.42 Å². The van der Waals surface area contributed by atoms with Gasteiger partial charge in [-0.15, -0.1) is 12.4 Å². The minimum Gasteiger partial charge on any atom is -0.441 e. The van der Waals surface area contributed by atoms with Crippen LogP contribution in [0.2, 0.25) is 0 Å². The summed E-state index contributed by atoms with van der Waals surface area (Å²) in [5, 5.41) is 5.89. The third-order valence-corrected chi connectivity index (χ3v) is 6.92. The molecule has 0 atom stereocenters. The third kappa shape index (κ3) is 4.67. The fourth-order valence-corrected chi connectivity index (χ4v) is 4.76. The molecular weight excluding hydrogens is 402 g/mol. The second-order valence-corrected chi connectivity index (χ2v) is 10.8. The summed E-state index contributed by atoms with van der Waals surface area (Å²) >= 11 is 0. The van der Waals surface area contributed by atoms with Gasteiger partial charge in [0, 0.05) is 18.4 Å². The number of nitrogens with one attached hydrogen (secondary N) is 2. The third-order valence-electron chi connectivity index (χ3n) is 4.91. The van der Waals surface area contributed by atoms with Crippen LogP contribution in [0.4, 0.5) is 5.69 Å². The van der Waals surface area contributed by atoms with Crippen LogP contribution in [0.15, 0.2) is 22.6 Å². The highest BCUT2D eigenvalue weighted by Gasteiger charge is 2.48. The smallest absolute Gasteiger partial charge is 0.245 e. The van der Waals surface area contributed by atoms with Crippen molar-refractivity contribution >= 4 is 44.9 Å². The molecule has 1 aliphatic heterocycles. The van der Waals surface area contributed by atoms with Crippen LogP contribution in [0.3, 0.4) is 0 Å². The van der Waals surface area contributed by atoms with Crippen molar-refractivity contribution in [3.05, 3.63) is 24.1 Å². The van der Waals surface area contributed by atoms with E-state index < -0.39 is 20.5 Å². The summed E-state index contributed by atoms with van der Waals surface area (Å²) in [6.07, 6.45) is 2.37. The molecule has 0 unspecified atom stereocenters. The standard InChI is InChI=1S/C19H27N3O4S.ClH/c1-18(2,3)12-16-22-14-11-13(5-6-15(14)26-16)21-17(23)19(27(4,24)25)7-9-20-10-8-19;/h5-6,11,20H,7-10,12H2,1-4H3,(H,21,23);1H. The van der Waals surface area contributed by atoms with Crippen molar-refractivity contribution in [2.45, 2.75) is 44.8 Å². The van der Waals surface area contributed by atoms with E-state index in [9.17, 15) is 13.2 Å². The van der Waals surface area contributed by atoms with Crippen LogP contribution in [0.1, 0.15) is 39.5 Å². The summed E-state index contributed by atoms with van der Waals surface area (Å²) in [5.41, 5.74) is 1.86. The van der Waals surface area contributed by atoms with Crippen molar-refractivity contribution in [2.75, 3.05) is 24.7 Å². The molecule has 9 heteroatoms. The normalized spacial score (nSPS) is 17.1. The molecule has 0 spiro atoms. The van der Waals surface area contributed by atoms with Gasteiger partial charge in [0.2, 0.25) is 5.91 Å². The summed E-state index contributed by atoms with van der Waals surface area (Å²) in [4.78, 5) is 17.4. The van der Waals surface area contributed by atoms with Gasteiger partial charge in [0.05, 0.1) is 0 Å². The molecule has 1 saturated heterocycles. The molecule has 1 aromatic heterocycles. The molecule has 1 amide bonds. The van der Waals surface area contributed by atoms with Gasteiger partial charge in [0.15, 0.2) is 26.1 Å². The Bertz CT molecular complexity index is 957. The molecule has 0 bridgehead atoms. The average molecular weight is 430 g/mol. The molecule has 156 valence electrons. The Balaban J connectivity index is 0.00000280. The number of sulfone groups is 1. The first-order chi connectivity index (χ1) is 12.5. The van der Waals surface area contributed by atoms with Crippen molar-refractivity contribution < 1.29 is 17.6 Å². The van der Waals surface area contributed by atoms with Gasteiger partial charge in [-0.1, -0.05) is 20.8 Å². The molecule has 28 heavy (non-hydrogen) atoms. The minimum absolute atomic E-state index is 0. The van der Waals surface area contributed by atoms with Crippen molar-refractivity contribution in [1.29, 1.82) is 0 Å². The summed E-state index contributed by atoms with van der Waals surface area (Å²) < 4.78 is 29.1. The van der Waals surface area contributed by atoms with Gasteiger partial charge in [-0.3, -0.25) is 4.79 Å². The number of nitrogens with zero attached hydrogens (tertiary/aromatic N) is 1. The number of amides is 1. The number of carbonyl (C=O) groups is 1. The summed E-state index contributed by atoms with van der Waals surface area (Å²) in [6, 6.07) is 5.18. The number of carbonyl (C=O) groups excluding carboxylic acids is 1. The number of piperidine rings is 1. The van der Waals surface area contributed by atoms with E-state index in [0.717, 1.165) is 6.26 Å². The molecule has 2 N–H and O–H groups in total. The second-order valence-electron chi connectivity index (χ2n) is 8.50. The van der Waals surface area contributed by atoms with E-state index in [1.54, 1.807) is 18.2 Å². The van der Waals surface area contributed by atoms with Gasteiger partial charge >= 0.3 is 0 Å². The molecule has 1 fully saturated rings. The van der Waals surface area contributed by atoms with Crippen molar-refractivity contribution in [2.24, 2.45) is 5.41 Å². The molecule has 1 aromatic carbocycles. The number of fused-ring (bicyclic) bond motifs is 1. The van der Waals surface area contributed by atoms with E-state index in [0.29, 0.717) is 42.2 Å². The molecule has 0 aliphatic carbocycles. The minimum atomic E-state index is -3.55. The van der Waals surface area contributed by atoms with Crippen LogP contribution in [-0.2, 0) is 21.1 Å². The van der Waals surface area contributed by atoms with Crippen molar-refractivity contribution in [1.82, 2.24) is 10.3 Å². The highest BCUT2D eigenvalue weighted by molar-refractivity contribution is 7.92. The molecule has 2 heterocycles. The maximum absolute atomic E-state index is 12.9. The van der Waals surface area contributed by atoms with E-state index in [2.05, 4.69) is 36.4 Å². The van der Waals surface area contributed by atoms with Gasteiger partial charge in [0.25, 0.3) is 0 Å². The van der Waals surface area contributed by atoms with E-state index >= 15 is 0 Å². The van der Waals surface area contributed by atoms with Gasteiger partial charge in [-0.25, -0.2) is 13.4 Å². The quantitative estimate of drug-likeness (QED) is 0.774. The van der Waals surface area contributed by atoms with Crippen LogP contribution in [0.25, 0.3) is 11.1 Å². The Kier molecular flexibility index (Phi) is 6.47. The van der Waals surface area contributed by atoms with Crippen LogP contribution >= 0.6 is 12.4 Å². The Morgan fingerprint density at radius 2 is 1.93 bits per heavy atom. The first-order valence-electron chi connectivity index (χ1n) is 9.11. The fraction of sp³-hybridized carbons (Fsp3) is 0.579. The molecule has 1 aliphatic rings. The molecule has 2 aromatic rings. The Morgan fingerprint density at radius 1 is 1.29 bits per heavy atom. The number of aromatic nitrogens is 1. The fourth-order valence-electron chi connectivity index (χ4n) is 3.42. The zero-order valence-electron chi connectivity index (χ0n) is 16.7. The van der Waals surface area contributed by atoms with Crippen LogP contribution in [0.5, 0.6) is 0 Å². The van der Waals surface area contributed by atoms with Gasteiger partial charge in [0.1, 0.15) is 5.52 Å². The number of hydrogen-bond donors (Lipinski definition) is 2. The maximum Gasteiger partial charge on any atom is 0.245 e. The number of benzene rings is 1. The molecule has 0 saturated carbocycles. The molecule has 0 radical (unpaired) electrons. The zero-order chi connectivity index (χ0) is 19.9. The van der Waals surface area contributed by atoms with E-state index in [1.807, 2.05) is 0 Å². The summed E-state index contributed by atoms with van der Waals surface area (Å²) in [6.45, 7) is 7.32. The predicted molar refractivity (Wildman–Crippen MR) is 113 cm³/mol. The molecule has 7 nitrogen and oxygen atoms in total. The monoisotopic (exact) mass is 429 g/mol. The lowest BCUT2D eigenvalue weighted by Crippen LogP contribution is -2.55. The summed E-state index contributed by atoms with van der Waals surface area (Å²) in [5.74, 6) is 0.163. The Hall–Kier alpha value is -1.64. The largest absolute Gasteiger partial charge is 0.441 e. The molecular formula is C19H28ClN3O4S. The number of rotatable bonds is 4. The van der Waals surface area contributed by atoms with Gasteiger partial charge < -0.3 is 15.1 Å². The predicted octanol–water partition coefficient (Wildman–Crippen LogP) is 2.94. The lowest BCUT2D eigenvalue weighted by Gasteiger charge is -2.34. The van der Waals surface area contributed by atoms with Crippen LogP contribution in [-0.4, -0.2) is 43.4 Å². The number of oxazole rings is 1. The number of halogens is 1. The van der Waals surface area contributed by atoms with Crippen molar-refractivity contribution in [3.8, 4) is 0 Å². The van der Waals surface area contributed by atoms with Gasteiger partial charge in [-0.2, -0.15) is 0 Å². The highest BCUT2D eigenvalue weighted by Crippen LogP contribution is 2.30. The van der Waals surface area contributed by atoms with E-state index in [1.165, 1.54) is 0 Å². The second kappa shape index (κ2) is 8.00. The number of hydrogen-bond acceptors (Lipinski definition) is 6. The lowest BCUT2D eigenvalue weighted by atomic mass is 9.92. The lowest BCUT2D eigenvalue weighted by molar-refractivity contribution is -0.119. The maximum atomic E-state index is 12.9. The van der Waals surface area contributed by atoms with Gasteiger partial charge in [-0.05, 0) is 49.5 Å². The average Bonchev–Trinajstić information content (AvgIpc) is 2.93. The van der Waals surface area contributed by atoms with Crippen molar-refractivity contribution in [3.63, 3.8) is 0 Å². The Morgan fingerprint density at radius 3 is 2.50 bits per heavy atom.